The number of carbonyl (C=O) groups excluding carboxylic acids is 1. The molecule has 1 heterocycles. The maximum Gasteiger partial charge on any atom is 0.227 e. The van der Waals surface area contributed by atoms with Crippen molar-refractivity contribution >= 4 is 11.6 Å². The lowest BCUT2D eigenvalue weighted by Gasteiger charge is -2.23. The van der Waals surface area contributed by atoms with Gasteiger partial charge in [0.2, 0.25) is 5.91 Å². The van der Waals surface area contributed by atoms with Crippen LogP contribution >= 0.6 is 0 Å². The number of rotatable bonds is 1. The van der Waals surface area contributed by atoms with Gasteiger partial charge in [-0.05, 0) is 37.0 Å². The summed E-state index contributed by atoms with van der Waals surface area (Å²) in [5.41, 5.74) is 3.46. The van der Waals surface area contributed by atoms with E-state index in [1.165, 1.54) is 11.1 Å². The van der Waals surface area contributed by atoms with Gasteiger partial charge < -0.3 is 5.32 Å². The molecule has 2 nitrogen and oxygen atoms in total. The summed E-state index contributed by atoms with van der Waals surface area (Å²) in [7, 11) is 0. The fraction of sp³-hybridized carbons (Fsp3) is 0.417. The van der Waals surface area contributed by atoms with Crippen molar-refractivity contribution < 1.29 is 4.79 Å². The Bertz CT molecular complexity index is 371. The Kier molecular flexibility index (Phi) is 2.28. The Morgan fingerprint density at radius 2 is 2.29 bits per heavy atom. The van der Waals surface area contributed by atoms with E-state index in [0.29, 0.717) is 0 Å². The van der Waals surface area contributed by atoms with Crippen LogP contribution in [-0.2, 0) is 11.2 Å². The number of amides is 1. The summed E-state index contributed by atoms with van der Waals surface area (Å²) in [6, 6.07) is 6.26. The van der Waals surface area contributed by atoms with Crippen molar-refractivity contribution in [3.63, 3.8) is 0 Å². The number of fused-ring (bicyclic) bond motifs is 1. The molecule has 0 fully saturated rings. The Morgan fingerprint density at radius 1 is 1.50 bits per heavy atom. The molecule has 2 heteroatoms. The van der Waals surface area contributed by atoms with E-state index in [1.54, 1.807) is 0 Å². The first-order valence-corrected chi connectivity index (χ1v) is 5.11. The van der Waals surface area contributed by atoms with Crippen LogP contribution in [0.5, 0.6) is 0 Å². The molecule has 14 heavy (non-hydrogen) atoms. The van der Waals surface area contributed by atoms with Crippen molar-refractivity contribution in [1.29, 1.82) is 0 Å². The minimum absolute atomic E-state index is 0.158. The molecule has 0 spiro atoms. The number of aryl methyl sites for hydroxylation is 1. The monoisotopic (exact) mass is 189 g/mol. The molecule has 1 unspecified atom stereocenters. The van der Waals surface area contributed by atoms with Gasteiger partial charge in [-0.3, -0.25) is 4.79 Å². The van der Waals surface area contributed by atoms with Crippen LogP contribution in [0, 0.1) is 12.8 Å². The predicted octanol–water partition coefficient (Wildman–Crippen LogP) is 2.52. The second-order valence-electron chi connectivity index (χ2n) is 3.96. The van der Waals surface area contributed by atoms with Crippen LogP contribution in [0.4, 0.5) is 5.69 Å². The fourth-order valence-electron chi connectivity index (χ4n) is 1.91. The van der Waals surface area contributed by atoms with E-state index in [2.05, 4.69) is 24.4 Å². The zero-order valence-corrected chi connectivity index (χ0v) is 8.63. The molecule has 1 N–H and O–H groups in total. The second kappa shape index (κ2) is 3.45. The number of hydrogen-bond acceptors (Lipinski definition) is 1. The lowest BCUT2D eigenvalue weighted by molar-refractivity contribution is -0.120. The average Bonchev–Trinajstić information content (AvgIpc) is 2.16. The van der Waals surface area contributed by atoms with Gasteiger partial charge in [0.05, 0.1) is 0 Å². The molecule has 1 atom stereocenters. The van der Waals surface area contributed by atoms with Gasteiger partial charge in [-0.2, -0.15) is 0 Å². The SMILES string of the molecule is CCC1Cc2ccc(C)cc2NC1=O. The molecule has 1 aliphatic heterocycles. The summed E-state index contributed by atoms with van der Waals surface area (Å²) in [5, 5.41) is 2.96. The molecule has 2 rings (SSSR count). The minimum Gasteiger partial charge on any atom is -0.326 e. The van der Waals surface area contributed by atoms with Crippen LogP contribution in [-0.4, -0.2) is 5.91 Å². The van der Waals surface area contributed by atoms with E-state index in [1.807, 2.05) is 13.0 Å². The Balaban J connectivity index is 2.35. The van der Waals surface area contributed by atoms with Crippen molar-refractivity contribution in [1.82, 2.24) is 0 Å². The molecular formula is C12H15NO. The van der Waals surface area contributed by atoms with E-state index in [4.69, 9.17) is 0 Å². The smallest absolute Gasteiger partial charge is 0.227 e. The Hall–Kier alpha value is -1.31. The first-order valence-electron chi connectivity index (χ1n) is 5.11. The summed E-state index contributed by atoms with van der Waals surface area (Å²) in [4.78, 5) is 11.6. The summed E-state index contributed by atoms with van der Waals surface area (Å²) in [6.07, 6.45) is 1.80. The third-order valence-corrected chi connectivity index (χ3v) is 2.85. The Morgan fingerprint density at radius 3 is 3.00 bits per heavy atom. The van der Waals surface area contributed by atoms with Crippen molar-refractivity contribution in [3.05, 3.63) is 29.3 Å². The van der Waals surface area contributed by atoms with Gasteiger partial charge >= 0.3 is 0 Å². The summed E-state index contributed by atoms with van der Waals surface area (Å²) in [5.74, 6) is 0.329. The topological polar surface area (TPSA) is 29.1 Å². The van der Waals surface area contributed by atoms with Gasteiger partial charge in [-0.15, -0.1) is 0 Å². The summed E-state index contributed by atoms with van der Waals surface area (Å²) in [6.45, 7) is 4.10. The van der Waals surface area contributed by atoms with Crippen LogP contribution in [0.25, 0.3) is 0 Å². The maximum atomic E-state index is 11.6. The number of anilines is 1. The molecular weight excluding hydrogens is 174 g/mol. The van der Waals surface area contributed by atoms with E-state index >= 15 is 0 Å². The van der Waals surface area contributed by atoms with Crippen LogP contribution in [0.2, 0.25) is 0 Å². The van der Waals surface area contributed by atoms with Crippen LogP contribution in [0.3, 0.4) is 0 Å². The highest BCUT2D eigenvalue weighted by atomic mass is 16.1. The molecule has 1 amide bonds. The summed E-state index contributed by atoms with van der Waals surface area (Å²) >= 11 is 0. The van der Waals surface area contributed by atoms with E-state index in [9.17, 15) is 4.79 Å². The van der Waals surface area contributed by atoms with Crippen LogP contribution in [0.15, 0.2) is 18.2 Å². The Labute approximate surface area is 84.3 Å². The van der Waals surface area contributed by atoms with Gasteiger partial charge in [0.1, 0.15) is 0 Å². The zero-order valence-electron chi connectivity index (χ0n) is 8.63. The van der Waals surface area contributed by atoms with E-state index < -0.39 is 0 Å². The molecule has 1 aromatic rings. The first kappa shape index (κ1) is 9.25. The van der Waals surface area contributed by atoms with E-state index in [-0.39, 0.29) is 11.8 Å². The minimum atomic E-state index is 0.158. The predicted molar refractivity (Wildman–Crippen MR) is 57.3 cm³/mol. The molecule has 0 saturated carbocycles. The van der Waals surface area contributed by atoms with Gasteiger partial charge in [0.25, 0.3) is 0 Å². The van der Waals surface area contributed by atoms with Crippen molar-refractivity contribution in [2.75, 3.05) is 5.32 Å². The summed E-state index contributed by atoms with van der Waals surface area (Å²) < 4.78 is 0. The zero-order chi connectivity index (χ0) is 10.1. The molecule has 0 radical (unpaired) electrons. The van der Waals surface area contributed by atoms with Gasteiger partial charge in [-0.1, -0.05) is 19.1 Å². The highest BCUT2D eigenvalue weighted by Gasteiger charge is 2.23. The van der Waals surface area contributed by atoms with Crippen molar-refractivity contribution in [3.8, 4) is 0 Å². The van der Waals surface area contributed by atoms with Crippen molar-refractivity contribution in [2.45, 2.75) is 26.7 Å². The van der Waals surface area contributed by atoms with Gasteiger partial charge in [-0.25, -0.2) is 0 Å². The second-order valence-corrected chi connectivity index (χ2v) is 3.96. The molecule has 0 aliphatic carbocycles. The molecule has 0 bridgehead atoms. The first-order chi connectivity index (χ1) is 6.70. The number of hydrogen-bond donors (Lipinski definition) is 1. The van der Waals surface area contributed by atoms with Crippen LogP contribution < -0.4 is 5.32 Å². The highest BCUT2D eigenvalue weighted by Crippen LogP contribution is 2.27. The number of nitrogens with one attached hydrogen (secondary N) is 1. The number of carbonyl (C=O) groups is 1. The van der Waals surface area contributed by atoms with Gasteiger partial charge in [0, 0.05) is 11.6 Å². The third kappa shape index (κ3) is 1.52. The van der Waals surface area contributed by atoms with E-state index in [0.717, 1.165) is 18.5 Å². The standard InChI is InChI=1S/C12H15NO/c1-3-9-7-10-5-4-8(2)6-11(10)13-12(9)14/h4-6,9H,3,7H2,1-2H3,(H,13,14). The maximum absolute atomic E-state index is 11.6. The molecule has 1 aromatic carbocycles. The largest absolute Gasteiger partial charge is 0.326 e. The highest BCUT2D eigenvalue weighted by molar-refractivity contribution is 5.95. The third-order valence-electron chi connectivity index (χ3n) is 2.85. The molecule has 0 saturated heterocycles. The normalized spacial score (nSPS) is 20.1. The lowest BCUT2D eigenvalue weighted by Crippen LogP contribution is -2.29. The lowest BCUT2D eigenvalue weighted by atomic mass is 9.91. The van der Waals surface area contributed by atoms with Crippen molar-refractivity contribution in [2.24, 2.45) is 5.92 Å². The molecule has 0 aromatic heterocycles. The van der Waals surface area contributed by atoms with Crippen LogP contribution in [0.1, 0.15) is 24.5 Å². The molecule has 1 aliphatic rings. The molecule has 74 valence electrons. The number of benzene rings is 1. The van der Waals surface area contributed by atoms with Gasteiger partial charge in [0.15, 0.2) is 0 Å². The average molecular weight is 189 g/mol. The fourth-order valence-corrected chi connectivity index (χ4v) is 1.91. The quantitative estimate of drug-likeness (QED) is 0.722.